The van der Waals surface area contributed by atoms with Crippen molar-refractivity contribution in [1.82, 2.24) is 9.88 Å². The third kappa shape index (κ3) is 6.31. The van der Waals surface area contributed by atoms with Crippen molar-refractivity contribution in [1.29, 1.82) is 0 Å². The molecule has 1 aromatic heterocycles. The van der Waals surface area contributed by atoms with E-state index in [1.807, 2.05) is 12.1 Å². The SMILES string of the molecule is CC(C)(C)C(N(CCSCc1ncccc1S)C(=O)O)C(C)(C)C(C)(C)C. The Morgan fingerprint density at radius 1 is 1.22 bits per heavy atom. The van der Waals surface area contributed by atoms with Gasteiger partial charge in [-0.25, -0.2) is 4.79 Å². The Hall–Kier alpha value is -0.880. The van der Waals surface area contributed by atoms with E-state index in [-0.39, 0.29) is 22.3 Å². The molecule has 0 saturated heterocycles. The Labute approximate surface area is 174 Å². The topological polar surface area (TPSA) is 53.4 Å². The lowest BCUT2D eigenvalue weighted by atomic mass is 9.58. The number of thioether (sulfide) groups is 1. The normalized spacial score (nSPS) is 14.1. The van der Waals surface area contributed by atoms with Crippen molar-refractivity contribution in [3.05, 3.63) is 24.0 Å². The Morgan fingerprint density at radius 2 is 1.81 bits per heavy atom. The molecule has 0 aliphatic carbocycles. The number of aromatic nitrogens is 1. The molecular formula is C21H36N2O2S2. The second-order valence-corrected chi connectivity index (χ2v) is 11.3. The lowest BCUT2D eigenvalue weighted by Gasteiger charge is -2.54. The molecule has 1 atom stereocenters. The van der Waals surface area contributed by atoms with Crippen molar-refractivity contribution >= 4 is 30.5 Å². The molecule has 1 amide bonds. The highest BCUT2D eigenvalue weighted by atomic mass is 32.2. The first-order valence-electron chi connectivity index (χ1n) is 9.39. The maximum absolute atomic E-state index is 12.2. The summed E-state index contributed by atoms with van der Waals surface area (Å²) < 4.78 is 0. The van der Waals surface area contributed by atoms with Crippen LogP contribution in [0.1, 0.15) is 61.1 Å². The number of carboxylic acid groups (broad SMARTS) is 1. The second kappa shape index (κ2) is 9.08. The van der Waals surface area contributed by atoms with Crippen LogP contribution < -0.4 is 0 Å². The molecule has 1 aromatic rings. The van der Waals surface area contributed by atoms with Crippen LogP contribution in [0.2, 0.25) is 0 Å². The van der Waals surface area contributed by atoms with E-state index in [1.165, 1.54) is 0 Å². The van der Waals surface area contributed by atoms with Gasteiger partial charge in [0.25, 0.3) is 0 Å². The molecule has 0 aliphatic rings. The Balaban J connectivity index is 2.93. The summed E-state index contributed by atoms with van der Waals surface area (Å²) in [5, 5.41) is 9.99. The molecule has 1 rings (SSSR count). The van der Waals surface area contributed by atoms with Gasteiger partial charge in [0.2, 0.25) is 0 Å². The summed E-state index contributed by atoms with van der Waals surface area (Å²) in [7, 11) is 0. The third-order valence-electron chi connectivity index (χ3n) is 5.58. The number of hydrogen-bond acceptors (Lipinski definition) is 4. The molecule has 0 saturated carbocycles. The molecule has 6 heteroatoms. The van der Waals surface area contributed by atoms with Crippen LogP contribution in [0.15, 0.2) is 23.2 Å². The molecule has 27 heavy (non-hydrogen) atoms. The van der Waals surface area contributed by atoms with E-state index in [4.69, 9.17) is 0 Å². The molecule has 0 aromatic carbocycles. The average Bonchev–Trinajstić information content (AvgIpc) is 2.48. The maximum atomic E-state index is 12.2. The van der Waals surface area contributed by atoms with Crippen molar-refractivity contribution in [3.63, 3.8) is 0 Å². The zero-order valence-electron chi connectivity index (χ0n) is 18.0. The number of rotatable bonds is 7. The first-order chi connectivity index (χ1) is 12.2. The van der Waals surface area contributed by atoms with Gasteiger partial charge in [-0.3, -0.25) is 4.98 Å². The highest BCUT2D eigenvalue weighted by Gasteiger charge is 2.49. The molecule has 1 unspecified atom stereocenters. The van der Waals surface area contributed by atoms with Crippen LogP contribution in [-0.2, 0) is 5.75 Å². The summed E-state index contributed by atoms with van der Waals surface area (Å²) in [6.07, 6.45) is 0.918. The van der Waals surface area contributed by atoms with Crippen LogP contribution in [0.4, 0.5) is 4.79 Å². The fourth-order valence-corrected chi connectivity index (χ4v) is 4.78. The molecule has 1 N–H and O–H groups in total. The molecule has 1 heterocycles. The van der Waals surface area contributed by atoms with Gasteiger partial charge >= 0.3 is 6.09 Å². The molecule has 0 aliphatic heterocycles. The predicted molar refractivity (Wildman–Crippen MR) is 119 cm³/mol. The van der Waals surface area contributed by atoms with E-state index >= 15 is 0 Å². The molecule has 0 bridgehead atoms. The Kier molecular flexibility index (Phi) is 8.12. The van der Waals surface area contributed by atoms with Crippen LogP contribution in [-0.4, -0.2) is 39.4 Å². The van der Waals surface area contributed by atoms with Crippen LogP contribution in [0.3, 0.4) is 0 Å². The molecule has 4 nitrogen and oxygen atoms in total. The average molecular weight is 413 g/mol. The molecular weight excluding hydrogens is 376 g/mol. The summed E-state index contributed by atoms with van der Waals surface area (Å²) in [5.74, 6) is 1.46. The summed E-state index contributed by atoms with van der Waals surface area (Å²) in [4.78, 5) is 19.0. The van der Waals surface area contributed by atoms with Crippen LogP contribution >= 0.6 is 24.4 Å². The standard InChI is InChI=1S/C21H36N2O2S2/c1-19(2,3)17(21(7,8)20(4,5)6)23(18(24)25)12-13-27-14-15-16(26)10-9-11-22-15/h9-11,17,26H,12-14H2,1-8H3,(H,24,25). The van der Waals surface area contributed by atoms with Gasteiger partial charge in [0.15, 0.2) is 0 Å². The van der Waals surface area contributed by atoms with Crippen molar-refractivity contribution in [2.45, 2.75) is 72.1 Å². The van der Waals surface area contributed by atoms with Gasteiger partial charge in [-0.05, 0) is 28.4 Å². The van der Waals surface area contributed by atoms with E-state index in [2.05, 4.69) is 73.0 Å². The predicted octanol–water partition coefficient (Wildman–Crippen LogP) is 6.07. The third-order valence-corrected chi connectivity index (χ3v) is 6.93. The fraction of sp³-hybridized carbons (Fsp3) is 0.714. The number of carbonyl (C=O) groups is 1. The highest BCUT2D eigenvalue weighted by molar-refractivity contribution is 7.98. The fourth-order valence-electron chi connectivity index (χ4n) is 3.56. The van der Waals surface area contributed by atoms with E-state index < -0.39 is 6.09 Å². The maximum Gasteiger partial charge on any atom is 0.407 e. The molecule has 154 valence electrons. The lowest BCUT2D eigenvalue weighted by Crippen LogP contribution is -2.59. The van der Waals surface area contributed by atoms with Crippen molar-refractivity contribution in [2.24, 2.45) is 16.2 Å². The smallest absolute Gasteiger partial charge is 0.407 e. The largest absolute Gasteiger partial charge is 0.465 e. The zero-order valence-corrected chi connectivity index (χ0v) is 19.7. The van der Waals surface area contributed by atoms with Gasteiger partial charge < -0.3 is 10.0 Å². The van der Waals surface area contributed by atoms with Gasteiger partial charge in [-0.2, -0.15) is 11.8 Å². The number of hydrogen-bond donors (Lipinski definition) is 2. The van der Waals surface area contributed by atoms with Gasteiger partial charge in [0.05, 0.1) is 5.69 Å². The molecule has 0 radical (unpaired) electrons. The van der Waals surface area contributed by atoms with Crippen LogP contribution in [0, 0.1) is 16.2 Å². The number of amides is 1. The van der Waals surface area contributed by atoms with Crippen molar-refractivity contribution in [3.8, 4) is 0 Å². The number of thiol groups is 1. The highest BCUT2D eigenvalue weighted by Crippen LogP contribution is 2.48. The van der Waals surface area contributed by atoms with Crippen LogP contribution in [0.25, 0.3) is 0 Å². The van der Waals surface area contributed by atoms with Crippen molar-refractivity contribution in [2.75, 3.05) is 12.3 Å². The second-order valence-electron chi connectivity index (χ2n) is 9.74. The monoisotopic (exact) mass is 412 g/mol. The minimum atomic E-state index is -0.847. The first-order valence-corrected chi connectivity index (χ1v) is 11.0. The summed E-state index contributed by atoms with van der Waals surface area (Å²) >= 11 is 6.13. The zero-order chi connectivity index (χ0) is 21.0. The minimum absolute atomic E-state index is 0.0271. The molecule has 0 fully saturated rings. The summed E-state index contributed by atoms with van der Waals surface area (Å²) in [5.41, 5.74) is 0.558. The lowest BCUT2D eigenvalue weighted by molar-refractivity contribution is -0.0399. The van der Waals surface area contributed by atoms with Gasteiger partial charge in [0, 0.05) is 35.2 Å². The quantitative estimate of drug-likeness (QED) is 0.421. The van der Waals surface area contributed by atoms with E-state index in [9.17, 15) is 9.90 Å². The number of nitrogens with zero attached hydrogens (tertiary/aromatic N) is 2. The van der Waals surface area contributed by atoms with E-state index in [1.54, 1.807) is 22.9 Å². The van der Waals surface area contributed by atoms with Gasteiger partial charge in [-0.1, -0.05) is 55.4 Å². The van der Waals surface area contributed by atoms with E-state index in [0.717, 1.165) is 22.1 Å². The van der Waals surface area contributed by atoms with E-state index in [0.29, 0.717) is 6.54 Å². The minimum Gasteiger partial charge on any atom is -0.465 e. The Bertz CT molecular complexity index is 634. The van der Waals surface area contributed by atoms with Gasteiger partial charge in [-0.15, -0.1) is 12.6 Å². The summed E-state index contributed by atoms with van der Waals surface area (Å²) in [6, 6.07) is 3.70. The Morgan fingerprint density at radius 3 is 2.26 bits per heavy atom. The van der Waals surface area contributed by atoms with Gasteiger partial charge in [0.1, 0.15) is 0 Å². The molecule has 0 spiro atoms. The number of pyridine rings is 1. The van der Waals surface area contributed by atoms with Crippen molar-refractivity contribution < 1.29 is 9.90 Å². The first kappa shape index (κ1) is 24.2. The van der Waals surface area contributed by atoms with Crippen LogP contribution in [0.5, 0.6) is 0 Å². The summed E-state index contributed by atoms with van der Waals surface area (Å²) in [6.45, 7) is 17.8.